The fraction of sp³-hybridized carbons (Fsp3) is 0.474. The van der Waals surface area contributed by atoms with Crippen LogP contribution in [0.4, 0.5) is 5.69 Å². The first-order valence-electron chi connectivity index (χ1n) is 9.20. The predicted molar refractivity (Wildman–Crippen MR) is 107 cm³/mol. The molecule has 0 fully saturated rings. The highest BCUT2D eigenvalue weighted by molar-refractivity contribution is 7.99. The Hall–Kier alpha value is -1.84. The molecule has 0 aliphatic carbocycles. The van der Waals surface area contributed by atoms with Crippen LogP contribution in [0, 0.1) is 0 Å². The van der Waals surface area contributed by atoms with Crippen LogP contribution in [0.25, 0.3) is 0 Å². The Morgan fingerprint density at radius 2 is 2.04 bits per heavy atom. The van der Waals surface area contributed by atoms with Crippen molar-refractivity contribution in [2.24, 2.45) is 0 Å². The third-order valence-electron chi connectivity index (χ3n) is 4.78. The SMILES string of the molecule is CC(C)(C)c1nc2c(o1)CCN(S(=O)(=O)c1ccc3c(c1)NC(=O)CCS3)C2. The van der Waals surface area contributed by atoms with E-state index in [1.165, 1.54) is 4.31 Å². The Labute approximate surface area is 168 Å². The molecule has 0 unspecified atom stereocenters. The summed E-state index contributed by atoms with van der Waals surface area (Å²) in [5.41, 5.74) is 1.01. The third-order valence-corrected chi connectivity index (χ3v) is 7.70. The molecule has 28 heavy (non-hydrogen) atoms. The molecule has 1 N–H and O–H groups in total. The normalized spacial score (nSPS) is 18.2. The number of thioether (sulfide) groups is 1. The number of nitrogens with one attached hydrogen (secondary N) is 1. The van der Waals surface area contributed by atoms with E-state index in [0.717, 1.165) is 10.7 Å². The number of oxazole rings is 1. The molecule has 2 aliphatic rings. The lowest BCUT2D eigenvalue weighted by Gasteiger charge is -2.25. The topological polar surface area (TPSA) is 92.5 Å². The van der Waals surface area contributed by atoms with E-state index in [1.807, 2.05) is 20.8 Å². The second-order valence-electron chi connectivity index (χ2n) is 8.03. The lowest BCUT2D eigenvalue weighted by atomic mass is 9.97. The smallest absolute Gasteiger partial charge is 0.243 e. The molecule has 0 saturated heterocycles. The maximum atomic E-state index is 13.2. The van der Waals surface area contributed by atoms with Crippen molar-refractivity contribution in [3.63, 3.8) is 0 Å². The third kappa shape index (κ3) is 3.58. The van der Waals surface area contributed by atoms with Crippen LogP contribution in [0.5, 0.6) is 0 Å². The van der Waals surface area contributed by atoms with Gasteiger partial charge in [-0.1, -0.05) is 20.8 Å². The molecule has 2 aromatic rings. The summed E-state index contributed by atoms with van der Waals surface area (Å²) in [6.45, 7) is 6.57. The molecule has 0 saturated carbocycles. The fourth-order valence-electron chi connectivity index (χ4n) is 3.21. The van der Waals surface area contributed by atoms with Crippen molar-refractivity contribution in [3.05, 3.63) is 35.5 Å². The van der Waals surface area contributed by atoms with Gasteiger partial charge in [-0.25, -0.2) is 13.4 Å². The van der Waals surface area contributed by atoms with Crippen molar-refractivity contribution < 1.29 is 17.6 Å². The molecular weight excluding hydrogens is 398 g/mol. The second-order valence-corrected chi connectivity index (χ2v) is 11.1. The van der Waals surface area contributed by atoms with Gasteiger partial charge in [0.25, 0.3) is 0 Å². The molecule has 0 radical (unpaired) electrons. The molecule has 1 amide bonds. The Kier molecular flexibility index (Phi) is 4.79. The average Bonchev–Trinajstić information content (AvgIpc) is 2.97. The number of hydrogen-bond donors (Lipinski definition) is 1. The Morgan fingerprint density at radius 1 is 1.25 bits per heavy atom. The molecule has 1 aromatic heterocycles. The number of hydrogen-bond acceptors (Lipinski definition) is 6. The number of fused-ring (bicyclic) bond motifs is 2. The van der Waals surface area contributed by atoms with E-state index in [1.54, 1.807) is 30.0 Å². The Bertz CT molecular complexity index is 1040. The number of carbonyl (C=O) groups excluding carboxylic acids is 1. The van der Waals surface area contributed by atoms with Crippen LogP contribution in [0.2, 0.25) is 0 Å². The van der Waals surface area contributed by atoms with Gasteiger partial charge in [0, 0.05) is 35.4 Å². The van der Waals surface area contributed by atoms with E-state index < -0.39 is 10.0 Å². The molecule has 2 aliphatic heterocycles. The molecular formula is C19H23N3O4S2. The first kappa shape index (κ1) is 19.5. The van der Waals surface area contributed by atoms with Gasteiger partial charge in [-0.05, 0) is 18.2 Å². The van der Waals surface area contributed by atoms with E-state index in [2.05, 4.69) is 10.3 Å². The Balaban J connectivity index is 1.63. The van der Waals surface area contributed by atoms with Crippen LogP contribution in [0.15, 0.2) is 32.4 Å². The molecule has 1 aromatic carbocycles. The predicted octanol–water partition coefficient (Wildman–Crippen LogP) is 3.15. The monoisotopic (exact) mass is 421 g/mol. The van der Waals surface area contributed by atoms with E-state index in [9.17, 15) is 13.2 Å². The van der Waals surface area contributed by atoms with Crippen molar-refractivity contribution in [2.75, 3.05) is 17.6 Å². The lowest BCUT2D eigenvalue weighted by Crippen LogP contribution is -2.35. The maximum absolute atomic E-state index is 13.2. The van der Waals surface area contributed by atoms with Gasteiger partial charge in [0.2, 0.25) is 15.9 Å². The molecule has 9 heteroatoms. The second kappa shape index (κ2) is 6.89. The summed E-state index contributed by atoms with van der Waals surface area (Å²) in [7, 11) is -3.70. The van der Waals surface area contributed by atoms with Gasteiger partial charge >= 0.3 is 0 Å². The maximum Gasteiger partial charge on any atom is 0.243 e. The van der Waals surface area contributed by atoms with Crippen molar-refractivity contribution in [1.82, 2.24) is 9.29 Å². The van der Waals surface area contributed by atoms with E-state index >= 15 is 0 Å². The molecule has 0 spiro atoms. The highest BCUT2D eigenvalue weighted by Gasteiger charge is 2.33. The number of carbonyl (C=O) groups is 1. The highest BCUT2D eigenvalue weighted by Crippen LogP contribution is 2.35. The zero-order valence-electron chi connectivity index (χ0n) is 16.1. The van der Waals surface area contributed by atoms with Crippen LogP contribution in [0.1, 0.15) is 44.5 Å². The van der Waals surface area contributed by atoms with Gasteiger partial charge in [0.15, 0.2) is 5.89 Å². The average molecular weight is 422 g/mol. The van der Waals surface area contributed by atoms with Gasteiger partial charge in [-0.3, -0.25) is 4.79 Å². The van der Waals surface area contributed by atoms with Gasteiger partial charge in [0.05, 0.1) is 22.8 Å². The summed E-state index contributed by atoms with van der Waals surface area (Å²) in [6.07, 6.45) is 0.910. The minimum atomic E-state index is -3.70. The summed E-state index contributed by atoms with van der Waals surface area (Å²) in [4.78, 5) is 17.4. The largest absolute Gasteiger partial charge is 0.445 e. The standard InChI is InChI=1S/C19H23N3O4S2/c1-19(2,3)18-21-14-11-22(8-6-15(14)26-18)28(24,25)12-4-5-16-13(10-12)20-17(23)7-9-27-16/h4-5,10H,6-9,11H2,1-3H3,(H,20,23). The zero-order valence-corrected chi connectivity index (χ0v) is 17.7. The van der Waals surface area contributed by atoms with Gasteiger partial charge in [0.1, 0.15) is 5.76 Å². The molecule has 150 valence electrons. The summed E-state index contributed by atoms with van der Waals surface area (Å²) in [5.74, 6) is 1.98. The first-order valence-corrected chi connectivity index (χ1v) is 11.6. The summed E-state index contributed by atoms with van der Waals surface area (Å²) < 4.78 is 33.7. The summed E-state index contributed by atoms with van der Waals surface area (Å²) in [5, 5.41) is 2.80. The molecule has 3 heterocycles. The minimum absolute atomic E-state index is 0.0966. The first-order chi connectivity index (χ1) is 13.1. The molecule has 0 bridgehead atoms. The molecule has 7 nitrogen and oxygen atoms in total. The number of nitrogens with zero attached hydrogens (tertiary/aromatic N) is 2. The molecule has 0 atom stereocenters. The minimum Gasteiger partial charge on any atom is -0.445 e. The zero-order chi connectivity index (χ0) is 20.1. The lowest BCUT2D eigenvalue weighted by molar-refractivity contribution is -0.115. The number of amides is 1. The van der Waals surface area contributed by atoms with Gasteiger partial charge in [-0.2, -0.15) is 4.31 Å². The van der Waals surface area contributed by atoms with E-state index in [0.29, 0.717) is 42.4 Å². The van der Waals surface area contributed by atoms with Crippen molar-refractivity contribution >= 4 is 33.4 Å². The van der Waals surface area contributed by atoms with Crippen molar-refractivity contribution in [2.45, 2.75) is 55.4 Å². The molecule has 4 rings (SSSR count). The van der Waals surface area contributed by atoms with Crippen LogP contribution < -0.4 is 5.32 Å². The number of rotatable bonds is 2. The summed E-state index contributed by atoms with van der Waals surface area (Å²) >= 11 is 1.55. The number of aromatic nitrogens is 1. The van der Waals surface area contributed by atoms with Crippen LogP contribution in [-0.2, 0) is 33.2 Å². The van der Waals surface area contributed by atoms with Crippen molar-refractivity contribution in [1.29, 1.82) is 0 Å². The van der Waals surface area contributed by atoms with Crippen LogP contribution >= 0.6 is 11.8 Å². The highest BCUT2D eigenvalue weighted by atomic mass is 32.2. The quantitative estimate of drug-likeness (QED) is 0.801. The van der Waals surface area contributed by atoms with Crippen molar-refractivity contribution in [3.8, 4) is 0 Å². The van der Waals surface area contributed by atoms with Gasteiger partial charge < -0.3 is 9.73 Å². The van der Waals surface area contributed by atoms with E-state index in [4.69, 9.17) is 4.42 Å². The Morgan fingerprint density at radius 3 is 2.79 bits per heavy atom. The fourth-order valence-corrected chi connectivity index (χ4v) is 5.57. The van der Waals surface area contributed by atoms with Crippen LogP contribution in [0.3, 0.4) is 0 Å². The van der Waals surface area contributed by atoms with E-state index in [-0.39, 0.29) is 22.8 Å². The summed E-state index contributed by atoms with van der Waals surface area (Å²) in [6, 6.07) is 4.93. The number of sulfonamides is 1. The van der Waals surface area contributed by atoms with Gasteiger partial charge in [-0.15, -0.1) is 11.8 Å². The number of benzene rings is 1. The number of anilines is 1. The van der Waals surface area contributed by atoms with Crippen LogP contribution in [-0.4, -0.2) is 35.9 Å².